The zero-order valence-electron chi connectivity index (χ0n) is 10.4. The minimum atomic E-state index is -0.577. The van der Waals surface area contributed by atoms with Gasteiger partial charge in [-0.3, -0.25) is 5.32 Å². The Morgan fingerprint density at radius 3 is 2.89 bits per heavy atom. The largest absolute Gasteiger partial charge is 0.444 e. The summed E-state index contributed by atoms with van der Waals surface area (Å²) in [7, 11) is 0. The van der Waals surface area contributed by atoms with Gasteiger partial charge < -0.3 is 4.74 Å². The first-order chi connectivity index (χ1) is 8.67. The minimum Gasteiger partial charge on any atom is -0.444 e. The van der Waals surface area contributed by atoms with Gasteiger partial charge in [0.2, 0.25) is 0 Å². The molecule has 1 rings (SSSR count). The van der Waals surface area contributed by atoms with Crippen molar-refractivity contribution in [2.45, 2.75) is 13.8 Å². The number of amides is 1. The number of hydrogen-bond acceptors (Lipinski definition) is 4. The van der Waals surface area contributed by atoms with Crippen LogP contribution in [0.3, 0.4) is 0 Å². The van der Waals surface area contributed by atoms with Crippen molar-refractivity contribution in [1.82, 2.24) is 15.4 Å². The van der Waals surface area contributed by atoms with Crippen molar-refractivity contribution >= 4 is 11.9 Å². The molecule has 6 heteroatoms. The van der Waals surface area contributed by atoms with Crippen LogP contribution in [0, 0.1) is 6.92 Å². The van der Waals surface area contributed by atoms with E-state index in [1.165, 1.54) is 0 Å². The van der Waals surface area contributed by atoms with Gasteiger partial charge in [0.05, 0.1) is 0 Å². The highest BCUT2D eigenvalue weighted by Gasteiger charge is 2.08. The highest BCUT2D eigenvalue weighted by Crippen LogP contribution is 2.06. The number of carbonyl (C=O) groups excluding carboxylic acids is 1. The molecule has 0 spiro atoms. The van der Waals surface area contributed by atoms with Gasteiger partial charge in [-0.15, -0.1) is 5.10 Å². The van der Waals surface area contributed by atoms with Crippen molar-refractivity contribution in [3.05, 3.63) is 42.2 Å². The molecule has 0 saturated heterocycles. The van der Waals surface area contributed by atoms with Gasteiger partial charge in [-0.25, -0.2) is 4.79 Å². The highest BCUT2D eigenvalue weighted by molar-refractivity contribution is 5.83. The lowest BCUT2D eigenvalue weighted by Crippen LogP contribution is -2.15. The molecule has 0 bridgehead atoms. The molecule has 1 heterocycles. The Kier molecular flexibility index (Phi) is 5.37. The summed E-state index contributed by atoms with van der Waals surface area (Å²) in [6.07, 6.45) is 6.54. The third kappa shape index (κ3) is 4.25. The lowest BCUT2D eigenvalue weighted by Gasteiger charge is -2.05. The van der Waals surface area contributed by atoms with E-state index in [1.807, 2.05) is 19.1 Å². The molecule has 0 radical (unpaired) electrons. The Morgan fingerprint density at radius 1 is 1.56 bits per heavy atom. The van der Waals surface area contributed by atoms with Gasteiger partial charge in [-0.1, -0.05) is 30.9 Å². The summed E-state index contributed by atoms with van der Waals surface area (Å²) in [6, 6.07) is 0. The Morgan fingerprint density at radius 2 is 2.33 bits per heavy atom. The van der Waals surface area contributed by atoms with E-state index in [2.05, 4.69) is 27.3 Å². The number of hydrogen-bond donors (Lipinski definition) is 2. The zero-order chi connectivity index (χ0) is 13.4. The fourth-order valence-corrected chi connectivity index (χ4v) is 1.20. The summed E-state index contributed by atoms with van der Waals surface area (Å²) in [4.78, 5) is 11.5. The van der Waals surface area contributed by atoms with Gasteiger partial charge in [0.15, 0.2) is 5.82 Å². The second-order valence-electron chi connectivity index (χ2n) is 3.44. The minimum absolute atomic E-state index is 0.166. The van der Waals surface area contributed by atoms with Crippen LogP contribution in [-0.2, 0) is 4.74 Å². The van der Waals surface area contributed by atoms with Crippen LogP contribution in [0.4, 0.5) is 10.6 Å². The summed E-state index contributed by atoms with van der Waals surface area (Å²) in [5, 5.41) is 12.4. The van der Waals surface area contributed by atoms with Gasteiger partial charge in [-0.05, 0) is 19.4 Å². The first kappa shape index (κ1) is 13.7. The number of anilines is 1. The average Bonchev–Trinajstić information content (AvgIpc) is 2.73. The van der Waals surface area contributed by atoms with E-state index in [-0.39, 0.29) is 6.61 Å². The van der Waals surface area contributed by atoms with Gasteiger partial charge in [0, 0.05) is 0 Å². The number of aromatic amines is 1. The molecule has 0 aromatic carbocycles. The van der Waals surface area contributed by atoms with Crippen LogP contribution < -0.4 is 5.32 Å². The maximum atomic E-state index is 11.5. The molecular formula is C12H16N4O2. The molecule has 0 aliphatic heterocycles. The number of H-pyrrole nitrogens is 1. The SMILES string of the molecule is C=C/C=C(\C=C/C)COC(=O)Nc1n[nH]nc1C. The molecule has 0 aliphatic carbocycles. The first-order valence-electron chi connectivity index (χ1n) is 5.42. The van der Waals surface area contributed by atoms with Crippen molar-refractivity contribution < 1.29 is 9.53 Å². The van der Waals surface area contributed by atoms with Crippen molar-refractivity contribution in [2.75, 3.05) is 11.9 Å². The van der Waals surface area contributed by atoms with Crippen LogP contribution in [-0.4, -0.2) is 28.1 Å². The van der Waals surface area contributed by atoms with E-state index in [0.717, 1.165) is 5.57 Å². The number of carbonyl (C=O) groups is 1. The number of aromatic nitrogens is 3. The summed E-state index contributed by atoms with van der Waals surface area (Å²) in [5.41, 5.74) is 1.45. The van der Waals surface area contributed by atoms with Gasteiger partial charge >= 0.3 is 6.09 Å². The van der Waals surface area contributed by atoms with E-state index < -0.39 is 6.09 Å². The van der Waals surface area contributed by atoms with Gasteiger partial charge in [0.25, 0.3) is 0 Å². The number of ether oxygens (including phenoxy) is 1. The summed E-state index contributed by atoms with van der Waals surface area (Å²) in [5.74, 6) is 0.361. The van der Waals surface area contributed by atoms with Crippen molar-refractivity contribution in [3.8, 4) is 0 Å². The van der Waals surface area contributed by atoms with Crippen LogP contribution in [0.25, 0.3) is 0 Å². The number of aryl methyl sites for hydroxylation is 1. The Labute approximate surface area is 105 Å². The lowest BCUT2D eigenvalue weighted by molar-refractivity contribution is 0.172. The molecular weight excluding hydrogens is 232 g/mol. The number of nitrogens with one attached hydrogen (secondary N) is 2. The Bertz CT molecular complexity index is 474. The van der Waals surface area contributed by atoms with E-state index in [1.54, 1.807) is 19.1 Å². The topological polar surface area (TPSA) is 79.9 Å². The van der Waals surface area contributed by atoms with E-state index in [4.69, 9.17) is 4.74 Å². The van der Waals surface area contributed by atoms with Crippen molar-refractivity contribution in [2.24, 2.45) is 0 Å². The molecule has 2 N–H and O–H groups in total. The third-order valence-corrected chi connectivity index (χ3v) is 2.03. The second kappa shape index (κ2) is 7.05. The second-order valence-corrected chi connectivity index (χ2v) is 3.44. The normalized spacial score (nSPS) is 11.6. The number of allylic oxidation sites excluding steroid dienone is 3. The molecule has 0 aliphatic rings. The summed E-state index contributed by atoms with van der Waals surface area (Å²) in [6.45, 7) is 7.37. The standard InChI is InChI=1S/C12H16N4O2/c1-4-6-10(7-5-2)8-18-12(17)13-11-9(3)14-16-15-11/h4-7H,1,8H2,2-3H3,(H2,13,14,15,16,17)/b7-5-,10-6+. The fourth-order valence-electron chi connectivity index (χ4n) is 1.20. The molecule has 1 amide bonds. The molecule has 0 unspecified atom stereocenters. The van der Waals surface area contributed by atoms with Crippen molar-refractivity contribution in [3.63, 3.8) is 0 Å². The first-order valence-corrected chi connectivity index (χ1v) is 5.42. The molecule has 1 aromatic rings. The molecule has 0 fully saturated rings. The molecule has 0 saturated carbocycles. The molecule has 1 aromatic heterocycles. The summed E-state index contributed by atoms with van der Waals surface area (Å²) < 4.78 is 5.04. The average molecular weight is 248 g/mol. The smallest absolute Gasteiger partial charge is 0.413 e. The monoisotopic (exact) mass is 248 g/mol. The maximum absolute atomic E-state index is 11.5. The lowest BCUT2D eigenvalue weighted by atomic mass is 10.2. The predicted molar refractivity (Wildman–Crippen MR) is 69.2 cm³/mol. The molecule has 6 nitrogen and oxygen atoms in total. The zero-order valence-corrected chi connectivity index (χ0v) is 10.4. The van der Waals surface area contributed by atoms with E-state index >= 15 is 0 Å². The summed E-state index contributed by atoms with van der Waals surface area (Å²) >= 11 is 0. The predicted octanol–water partition coefficient (Wildman–Crippen LogP) is 2.35. The maximum Gasteiger partial charge on any atom is 0.413 e. The van der Waals surface area contributed by atoms with Crippen LogP contribution in [0.15, 0.2) is 36.5 Å². The van der Waals surface area contributed by atoms with Crippen LogP contribution in [0.2, 0.25) is 0 Å². The van der Waals surface area contributed by atoms with E-state index in [9.17, 15) is 4.79 Å². The van der Waals surface area contributed by atoms with Crippen LogP contribution in [0.1, 0.15) is 12.6 Å². The quantitative estimate of drug-likeness (QED) is 0.784. The van der Waals surface area contributed by atoms with Crippen molar-refractivity contribution in [1.29, 1.82) is 0 Å². The molecule has 18 heavy (non-hydrogen) atoms. The van der Waals surface area contributed by atoms with Crippen LogP contribution >= 0.6 is 0 Å². The third-order valence-electron chi connectivity index (χ3n) is 2.03. The van der Waals surface area contributed by atoms with E-state index in [0.29, 0.717) is 11.5 Å². The van der Waals surface area contributed by atoms with Gasteiger partial charge in [-0.2, -0.15) is 10.3 Å². The van der Waals surface area contributed by atoms with Crippen LogP contribution in [0.5, 0.6) is 0 Å². The Hall–Kier alpha value is -2.37. The molecule has 0 atom stereocenters. The Balaban J connectivity index is 2.48. The highest BCUT2D eigenvalue weighted by atomic mass is 16.5. The fraction of sp³-hybridized carbons (Fsp3) is 0.250. The number of nitrogens with zero attached hydrogens (tertiary/aromatic N) is 2. The van der Waals surface area contributed by atoms with Gasteiger partial charge in [0.1, 0.15) is 12.3 Å². The molecule has 96 valence electrons. The number of rotatable bonds is 5.